The summed E-state index contributed by atoms with van der Waals surface area (Å²) >= 11 is 1.99. The molecular weight excluding hydrogens is 1170 g/mol. The zero-order valence-electron chi connectivity index (χ0n) is 64.1. The molecule has 0 aromatic heterocycles. The molecule has 0 N–H and O–H groups in total. The van der Waals surface area contributed by atoms with E-state index in [9.17, 15) is 5.53 Å². The van der Waals surface area contributed by atoms with Crippen LogP contribution in [0, 0.1) is 0 Å². The quantitative estimate of drug-likeness (QED) is 0.0358. The number of nitrogens with zero attached hydrogens (tertiary/aromatic N) is 2. The Morgan fingerprint density at radius 3 is 0.806 bits per heavy atom. The van der Waals surface area contributed by atoms with Crippen LogP contribution in [0.3, 0.4) is 0 Å². The molecule has 3 heteroatoms. The van der Waals surface area contributed by atoms with E-state index in [0.29, 0.717) is 0 Å². The molecule has 0 radical (unpaired) electrons. The van der Waals surface area contributed by atoms with Crippen LogP contribution in [0.4, 0.5) is 0 Å². The molecule has 0 spiro atoms. The molecule has 0 atom stereocenters. The van der Waals surface area contributed by atoms with Gasteiger partial charge in [-0.05, 0) is 124 Å². The third kappa shape index (κ3) is 46.6. The minimum atomic E-state index is 0.988. The SMILES string of the molecule is CCCCCCCCCCCCCCCCCCCCCCCCC=CC1=C(c2cc(CCCCCCCC)cc(CCCCCCCC)c2)[N+](=[N-])C(c2cc(CCCCCCCC)cc(CCCCCCCC)c2)=C1CCCC.CCCCC[CH2][Ni][CH2]CCCCC. The van der Waals surface area contributed by atoms with E-state index in [1.807, 2.05) is 14.4 Å². The summed E-state index contributed by atoms with van der Waals surface area (Å²) in [6.45, 7) is 18.5. The first-order chi connectivity index (χ1) is 45.9. The van der Waals surface area contributed by atoms with Crippen LogP contribution in [0.15, 0.2) is 59.7 Å². The Morgan fingerprint density at radius 1 is 0.269 bits per heavy atom. The average Bonchev–Trinajstić information content (AvgIpc) is 1.61. The van der Waals surface area contributed by atoms with Gasteiger partial charge in [-0.1, -0.05) is 336 Å². The Bertz CT molecular complexity index is 2010. The first-order valence-electron chi connectivity index (χ1n) is 42.3. The normalized spacial score (nSPS) is 12.7. The number of benzene rings is 2. The van der Waals surface area contributed by atoms with Crippen molar-refractivity contribution in [1.29, 1.82) is 0 Å². The van der Waals surface area contributed by atoms with Crippen LogP contribution in [-0.2, 0) is 40.1 Å². The van der Waals surface area contributed by atoms with Crippen LogP contribution in [0.5, 0.6) is 0 Å². The minimum absolute atomic E-state index is 0.988. The fourth-order valence-electron chi connectivity index (χ4n) is 14.1. The van der Waals surface area contributed by atoms with E-state index in [2.05, 4.69) is 104 Å². The van der Waals surface area contributed by atoms with Crippen molar-refractivity contribution in [2.24, 2.45) is 0 Å². The third-order valence-corrected chi connectivity index (χ3v) is 21.6. The first-order valence-corrected chi connectivity index (χ1v) is 43.7. The zero-order valence-corrected chi connectivity index (χ0v) is 65.1. The van der Waals surface area contributed by atoms with E-state index >= 15 is 0 Å². The number of rotatable bonds is 67. The number of aryl methyl sites for hydroxylation is 4. The third-order valence-electron chi connectivity index (χ3n) is 20.2. The summed E-state index contributed by atoms with van der Waals surface area (Å²) in [5, 5.41) is 2.83. The summed E-state index contributed by atoms with van der Waals surface area (Å²) in [4.78, 5) is 0. The van der Waals surface area contributed by atoms with Gasteiger partial charge in [-0.25, -0.2) is 4.70 Å². The topological polar surface area (TPSA) is 25.3 Å². The van der Waals surface area contributed by atoms with E-state index in [-0.39, 0.29) is 0 Å². The Labute approximate surface area is 589 Å². The summed E-state index contributed by atoms with van der Waals surface area (Å²) in [5.74, 6) is 0. The second kappa shape index (κ2) is 65.7. The van der Waals surface area contributed by atoms with Crippen LogP contribution < -0.4 is 0 Å². The average molecular weight is 1330 g/mol. The number of allylic oxidation sites excluding steroid dienone is 4. The predicted molar refractivity (Wildman–Crippen MR) is 417 cm³/mol. The van der Waals surface area contributed by atoms with Gasteiger partial charge in [0.25, 0.3) is 0 Å². The summed E-state index contributed by atoms with van der Waals surface area (Å²) in [7, 11) is 0. The van der Waals surface area contributed by atoms with Crippen LogP contribution in [0.2, 0.25) is 10.8 Å². The van der Waals surface area contributed by atoms with Crippen molar-refractivity contribution >= 4 is 11.4 Å². The first kappa shape index (κ1) is 86.8. The molecule has 2 aromatic carbocycles. The van der Waals surface area contributed by atoms with Gasteiger partial charge in [0.2, 0.25) is 11.4 Å². The van der Waals surface area contributed by atoms with E-state index in [0.717, 1.165) is 62.8 Å². The fraction of sp³-hybridized carbons (Fsp3) is 0.800. The molecule has 0 bridgehead atoms. The molecule has 0 saturated heterocycles. The number of unbranched alkanes of at least 4 members (excludes halogenated alkanes) is 49. The molecule has 0 fully saturated rings. The van der Waals surface area contributed by atoms with E-state index in [1.54, 1.807) is 4.70 Å². The molecule has 1 heterocycles. The van der Waals surface area contributed by atoms with Crippen LogP contribution in [-0.4, -0.2) is 4.70 Å². The molecule has 1 aliphatic rings. The van der Waals surface area contributed by atoms with Crippen molar-refractivity contribution in [2.45, 2.75) is 464 Å². The van der Waals surface area contributed by atoms with Crippen molar-refractivity contribution in [3.63, 3.8) is 0 Å². The maximum atomic E-state index is 13.1. The molecule has 0 saturated carbocycles. The molecular formula is C90H160N2Ni. The molecule has 2 aromatic rings. The molecule has 93 heavy (non-hydrogen) atoms. The second-order valence-corrected chi connectivity index (χ2v) is 30.8. The van der Waals surface area contributed by atoms with Crippen molar-refractivity contribution in [2.75, 3.05) is 0 Å². The Balaban J connectivity index is 0.00000202. The Morgan fingerprint density at radius 2 is 0.516 bits per heavy atom. The summed E-state index contributed by atoms with van der Waals surface area (Å²) in [6.07, 6.45) is 88.2. The molecule has 0 amide bonds. The zero-order chi connectivity index (χ0) is 67.0. The van der Waals surface area contributed by atoms with Gasteiger partial charge < -0.3 is 5.53 Å². The van der Waals surface area contributed by atoms with Crippen molar-refractivity contribution in [3.8, 4) is 0 Å². The molecule has 1 aliphatic heterocycles. The van der Waals surface area contributed by atoms with E-state index in [1.165, 1.54) is 402 Å². The Kier molecular flexibility index (Phi) is 61.3. The standard InChI is InChI=1S/C78H134N2.2C6H13.Ni/c1-7-13-19-24-29-30-31-32-33-34-35-36-37-38-39-40-41-42-43-44-45-46-51-56-62-76-75(61-18-12-6)77(73-65-69(57-52-47-25-20-14-8-2)63-70(66-73)58-53-48-26-21-15-9-3)80(79)78(76)74-67-71(59-54-49-27-22-16-10-4)64-72(68-74)60-55-50-28-23-17-11-5;2*1-3-5-6-4-2;/h56,62-68H,7-55,57-61H2,1-6H3;2*1,3-6H2,2H3;. The number of hydrogen-bond acceptors (Lipinski definition) is 0. The van der Waals surface area contributed by atoms with Crippen molar-refractivity contribution in [3.05, 3.63) is 98.6 Å². The van der Waals surface area contributed by atoms with Crippen LogP contribution >= 0.6 is 0 Å². The van der Waals surface area contributed by atoms with Gasteiger partial charge in [-0.2, -0.15) is 0 Å². The summed E-state index contributed by atoms with van der Waals surface area (Å²) in [6, 6.07) is 15.0. The molecule has 0 aliphatic carbocycles. The monoisotopic (exact) mass is 1330 g/mol. The van der Waals surface area contributed by atoms with Gasteiger partial charge in [0.1, 0.15) is 0 Å². The van der Waals surface area contributed by atoms with Gasteiger partial charge >= 0.3 is 90.4 Å². The number of hydrogen-bond donors (Lipinski definition) is 0. The van der Waals surface area contributed by atoms with Gasteiger partial charge in [0.15, 0.2) is 0 Å². The predicted octanol–water partition coefficient (Wildman–Crippen LogP) is 32.3. The Hall–Kier alpha value is -2.25. The molecule has 3 rings (SSSR count). The second-order valence-electron chi connectivity index (χ2n) is 29.4. The van der Waals surface area contributed by atoms with E-state index < -0.39 is 0 Å². The van der Waals surface area contributed by atoms with Crippen LogP contribution in [0.25, 0.3) is 16.9 Å². The molecule has 0 unspecified atom stereocenters. The van der Waals surface area contributed by atoms with Crippen molar-refractivity contribution < 1.29 is 19.1 Å². The van der Waals surface area contributed by atoms with Gasteiger partial charge in [-0.15, -0.1) is 0 Å². The van der Waals surface area contributed by atoms with Gasteiger partial charge in [0, 0.05) is 16.7 Å². The van der Waals surface area contributed by atoms with Gasteiger partial charge in [0.05, 0.1) is 5.57 Å². The van der Waals surface area contributed by atoms with E-state index in [4.69, 9.17) is 0 Å². The maximum absolute atomic E-state index is 13.1. The van der Waals surface area contributed by atoms with Crippen molar-refractivity contribution in [1.82, 2.24) is 0 Å². The fourth-order valence-corrected chi connectivity index (χ4v) is 15.4. The van der Waals surface area contributed by atoms with Crippen LogP contribution in [0.1, 0.15) is 461 Å². The summed E-state index contributed by atoms with van der Waals surface area (Å²) in [5.41, 5.74) is 26.2. The van der Waals surface area contributed by atoms with Gasteiger partial charge in [-0.3, -0.25) is 0 Å². The molecule has 540 valence electrons. The summed E-state index contributed by atoms with van der Waals surface area (Å²) < 4.78 is 1.71. The molecule has 2 nitrogen and oxygen atoms in total.